The normalized spacial score (nSPS) is 12.2. The number of aromatic amines is 1. The average Bonchev–Trinajstić information content (AvgIpc) is 3.20. The van der Waals surface area contributed by atoms with Crippen LogP contribution in [-0.2, 0) is 10.2 Å². The number of aromatic nitrogens is 2. The van der Waals surface area contributed by atoms with Crippen molar-refractivity contribution in [3.8, 4) is 17.0 Å². The van der Waals surface area contributed by atoms with Gasteiger partial charge in [-0.05, 0) is 66.8 Å². The van der Waals surface area contributed by atoms with E-state index >= 15 is 0 Å². The number of benzene rings is 2. The van der Waals surface area contributed by atoms with Gasteiger partial charge in [-0.15, -0.1) is 0 Å². The molecule has 1 heterocycles. The molecule has 2 aromatic carbocycles. The highest BCUT2D eigenvalue weighted by Crippen LogP contribution is 2.42. The first-order valence-electron chi connectivity index (χ1n) is 11.0. The highest BCUT2D eigenvalue weighted by atomic mass is 79.9. The highest BCUT2D eigenvalue weighted by molar-refractivity contribution is 9.11. The Bertz CT molecular complexity index is 1140. The third-order valence-electron chi connectivity index (χ3n) is 5.22. The molecule has 0 unspecified atom stereocenters. The molecular formula is C26H30Br2N4O2. The van der Waals surface area contributed by atoms with E-state index in [1.54, 1.807) is 12.4 Å². The van der Waals surface area contributed by atoms with Gasteiger partial charge in [0.1, 0.15) is 5.75 Å². The third kappa shape index (κ3) is 7.03. The fourth-order valence-electron chi connectivity index (χ4n) is 4.09. The number of H-pyrrole nitrogens is 1. The van der Waals surface area contributed by atoms with Crippen molar-refractivity contribution in [3.63, 3.8) is 0 Å². The van der Waals surface area contributed by atoms with E-state index in [2.05, 4.69) is 99.3 Å². The number of hydrogen-bond donors (Lipinski definition) is 2. The molecule has 0 bridgehead atoms. The molecule has 0 aliphatic heterocycles. The number of nitrogens with one attached hydrogen (secondary N) is 2. The van der Waals surface area contributed by atoms with Gasteiger partial charge in [0.05, 0.1) is 27.1 Å². The molecule has 0 saturated heterocycles. The largest absolute Gasteiger partial charge is 0.481 e. The zero-order chi connectivity index (χ0) is 24.9. The number of amides is 1. The van der Waals surface area contributed by atoms with Gasteiger partial charge in [0.15, 0.2) is 6.61 Å². The molecule has 0 spiro atoms. The van der Waals surface area contributed by atoms with Crippen molar-refractivity contribution in [2.24, 2.45) is 10.5 Å². The summed E-state index contributed by atoms with van der Waals surface area (Å²) in [5.41, 5.74) is 6.47. The van der Waals surface area contributed by atoms with Gasteiger partial charge in [-0.25, -0.2) is 5.43 Å². The minimum atomic E-state index is -0.364. The summed E-state index contributed by atoms with van der Waals surface area (Å²) >= 11 is 7.20. The van der Waals surface area contributed by atoms with Gasteiger partial charge in [0.2, 0.25) is 0 Å². The van der Waals surface area contributed by atoms with Crippen LogP contribution in [0.2, 0.25) is 0 Å². The van der Waals surface area contributed by atoms with E-state index < -0.39 is 0 Å². The number of rotatable bonds is 8. The molecule has 0 radical (unpaired) electrons. The molecule has 1 amide bonds. The summed E-state index contributed by atoms with van der Waals surface area (Å²) in [7, 11) is 0. The van der Waals surface area contributed by atoms with Crippen molar-refractivity contribution < 1.29 is 9.53 Å². The lowest BCUT2D eigenvalue weighted by atomic mass is 9.72. The number of carbonyl (C=O) groups is 1. The second-order valence-corrected chi connectivity index (χ2v) is 11.7. The van der Waals surface area contributed by atoms with Crippen LogP contribution in [-0.4, -0.2) is 28.9 Å². The van der Waals surface area contributed by atoms with Crippen LogP contribution in [0.15, 0.2) is 62.7 Å². The zero-order valence-electron chi connectivity index (χ0n) is 20.1. The Hall–Kier alpha value is -2.45. The summed E-state index contributed by atoms with van der Waals surface area (Å²) < 4.78 is 7.37. The van der Waals surface area contributed by atoms with Crippen molar-refractivity contribution in [1.29, 1.82) is 0 Å². The maximum atomic E-state index is 12.3. The molecule has 0 aliphatic carbocycles. The smallest absolute Gasteiger partial charge is 0.277 e. The molecule has 3 rings (SSSR count). The van der Waals surface area contributed by atoms with Gasteiger partial charge in [0, 0.05) is 11.1 Å². The summed E-state index contributed by atoms with van der Waals surface area (Å²) in [6.45, 7) is 11.0. The van der Waals surface area contributed by atoms with Crippen molar-refractivity contribution in [1.82, 2.24) is 15.6 Å². The van der Waals surface area contributed by atoms with E-state index in [4.69, 9.17) is 4.74 Å². The molecular weight excluding hydrogens is 560 g/mol. The topological polar surface area (TPSA) is 79.4 Å². The number of carbonyl (C=O) groups excluding carboxylic acids is 1. The predicted molar refractivity (Wildman–Crippen MR) is 144 cm³/mol. The van der Waals surface area contributed by atoms with E-state index in [-0.39, 0.29) is 23.3 Å². The maximum absolute atomic E-state index is 12.3. The molecule has 8 heteroatoms. The van der Waals surface area contributed by atoms with Crippen LogP contribution in [0.5, 0.6) is 5.75 Å². The van der Waals surface area contributed by atoms with Crippen LogP contribution in [0, 0.1) is 5.41 Å². The standard InChI is InChI=1S/C26H30Br2N4O2/c1-25(2,3)16-26(4,5)19-11-20(27)24(21(28)12-19)34-15-22(33)31-29-13-18-14-30-32-23(18)17-9-7-6-8-10-17/h6-14H,15-16H2,1-5H3,(H,30,32)(H,31,33)/b29-13-. The van der Waals surface area contributed by atoms with Crippen LogP contribution in [0.4, 0.5) is 0 Å². The third-order valence-corrected chi connectivity index (χ3v) is 6.40. The molecule has 34 heavy (non-hydrogen) atoms. The second kappa shape index (κ2) is 10.9. The van der Waals surface area contributed by atoms with Gasteiger partial charge in [-0.3, -0.25) is 9.89 Å². The molecule has 1 aromatic heterocycles. The maximum Gasteiger partial charge on any atom is 0.277 e. The highest BCUT2D eigenvalue weighted by Gasteiger charge is 2.28. The van der Waals surface area contributed by atoms with E-state index in [1.165, 1.54) is 5.56 Å². The Morgan fingerprint density at radius 3 is 2.38 bits per heavy atom. The van der Waals surface area contributed by atoms with Gasteiger partial charge < -0.3 is 4.74 Å². The zero-order valence-corrected chi connectivity index (χ0v) is 23.2. The fourth-order valence-corrected chi connectivity index (χ4v) is 5.50. The Balaban J connectivity index is 1.61. The fraction of sp³-hybridized carbons (Fsp3) is 0.346. The summed E-state index contributed by atoms with van der Waals surface area (Å²) in [4.78, 5) is 12.3. The number of hydrazone groups is 1. The summed E-state index contributed by atoms with van der Waals surface area (Å²) in [6, 6.07) is 13.9. The van der Waals surface area contributed by atoms with Crippen LogP contribution < -0.4 is 10.2 Å². The van der Waals surface area contributed by atoms with Gasteiger partial charge in [0.25, 0.3) is 5.91 Å². The van der Waals surface area contributed by atoms with Gasteiger partial charge >= 0.3 is 0 Å². The van der Waals surface area contributed by atoms with Gasteiger partial charge in [-0.1, -0.05) is 65.0 Å². The minimum absolute atomic E-state index is 0.0143. The number of halogens is 2. The van der Waals surface area contributed by atoms with E-state index in [0.717, 1.165) is 32.2 Å². The molecule has 2 N–H and O–H groups in total. The molecule has 0 aliphatic rings. The molecule has 0 fully saturated rings. The molecule has 0 atom stereocenters. The van der Waals surface area contributed by atoms with E-state index in [1.807, 2.05) is 30.3 Å². The average molecular weight is 590 g/mol. The van der Waals surface area contributed by atoms with E-state index in [9.17, 15) is 4.79 Å². The quantitative estimate of drug-likeness (QED) is 0.223. The SMILES string of the molecule is CC(C)(C)CC(C)(C)c1cc(Br)c(OCC(=O)N/N=C\c2cn[nH]c2-c2ccccc2)c(Br)c1. The molecule has 6 nitrogen and oxygen atoms in total. The van der Waals surface area contributed by atoms with Gasteiger partial charge in [-0.2, -0.15) is 10.2 Å². The van der Waals surface area contributed by atoms with Crippen molar-refractivity contribution in [2.75, 3.05) is 6.61 Å². The molecule has 180 valence electrons. The Morgan fingerprint density at radius 2 is 1.76 bits per heavy atom. The number of nitrogens with zero attached hydrogens (tertiary/aromatic N) is 2. The monoisotopic (exact) mass is 588 g/mol. The summed E-state index contributed by atoms with van der Waals surface area (Å²) in [5, 5.41) is 11.1. The lowest BCUT2D eigenvalue weighted by molar-refractivity contribution is -0.123. The van der Waals surface area contributed by atoms with Crippen molar-refractivity contribution in [2.45, 2.75) is 46.5 Å². The number of hydrogen-bond acceptors (Lipinski definition) is 4. The van der Waals surface area contributed by atoms with Crippen molar-refractivity contribution >= 4 is 44.0 Å². The van der Waals surface area contributed by atoms with Crippen LogP contribution in [0.1, 0.15) is 52.2 Å². The first-order chi connectivity index (χ1) is 16.0. The van der Waals surface area contributed by atoms with Crippen molar-refractivity contribution in [3.05, 3.63) is 68.7 Å². The molecule has 3 aromatic rings. The van der Waals surface area contributed by atoms with E-state index in [0.29, 0.717) is 5.75 Å². The first kappa shape index (κ1) is 26.2. The second-order valence-electron chi connectivity index (χ2n) is 10.0. The Labute approximate surface area is 217 Å². The Morgan fingerprint density at radius 1 is 1.12 bits per heavy atom. The predicted octanol–water partition coefficient (Wildman–Crippen LogP) is 6.84. The van der Waals surface area contributed by atoms with Crippen LogP contribution >= 0.6 is 31.9 Å². The molecule has 0 saturated carbocycles. The minimum Gasteiger partial charge on any atom is -0.481 e. The lowest BCUT2D eigenvalue weighted by Gasteiger charge is -2.33. The first-order valence-corrected chi connectivity index (χ1v) is 12.6. The van der Waals surface area contributed by atoms with Crippen LogP contribution in [0.25, 0.3) is 11.3 Å². The lowest BCUT2D eigenvalue weighted by Crippen LogP contribution is -2.26. The Kier molecular flexibility index (Phi) is 8.36. The summed E-state index contributed by atoms with van der Waals surface area (Å²) in [5.74, 6) is 0.215. The number of ether oxygens (including phenoxy) is 1. The summed E-state index contributed by atoms with van der Waals surface area (Å²) in [6.07, 6.45) is 4.25. The van der Waals surface area contributed by atoms with Crippen LogP contribution in [0.3, 0.4) is 0 Å².